The number of β-amino-alcohol motifs (C(OH)–C–C–N with tert-alkyl or cyclic N) is 1. The fourth-order valence-electron chi connectivity index (χ4n) is 7.03. The number of hydrogen-bond donors (Lipinski definition) is 5. The van der Waals surface area contributed by atoms with Crippen LogP contribution in [0.4, 0.5) is 28.8 Å². The number of likely N-dealkylation sites (tertiary alicyclic amines) is 1. The summed E-state index contributed by atoms with van der Waals surface area (Å²) in [6.45, 7) is 12.4. The number of ether oxygens (including phenoxy) is 3. The van der Waals surface area contributed by atoms with Crippen molar-refractivity contribution in [2.45, 2.75) is 71.1 Å². The number of amides is 3. The Labute approximate surface area is 357 Å². The number of nitrogens with zero attached hydrogens (tertiary/aromatic N) is 4. The van der Waals surface area contributed by atoms with E-state index in [2.05, 4.69) is 36.1 Å². The molecule has 2 saturated heterocycles. The molecule has 2 aliphatic heterocycles. The number of piperidine rings is 1. The Bertz CT molecular complexity index is 1990. The number of aliphatic hydroxyl groups is 1. The third-order valence-corrected chi connectivity index (χ3v) is 12.2. The van der Waals surface area contributed by atoms with Crippen LogP contribution in [-0.2, 0) is 28.4 Å². The minimum Gasteiger partial charge on any atom is -0.494 e. The molecule has 2 atom stereocenters. The molecule has 18 heteroatoms. The second-order valence-electron chi connectivity index (χ2n) is 16.5. The molecular weight excluding hydrogens is 811 g/mol. The molecule has 3 aromatic rings. The Morgan fingerprint density at radius 1 is 0.933 bits per heavy atom. The van der Waals surface area contributed by atoms with Crippen molar-refractivity contribution in [2.24, 2.45) is 5.41 Å². The van der Waals surface area contributed by atoms with Crippen LogP contribution in [0.3, 0.4) is 0 Å². The van der Waals surface area contributed by atoms with Crippen LogP contribution >= 0.6 is 18.7 Å². The van der Waals surface area contributed by atoms with Gasteiger partial charge in [0.15, 0.2) is 5.82 Å². The summed E-state index contributed by atoms with van der Waals surface area (Å²) in [5.41, 5.74) is 1.83. The van der Waals surface area contributed by atoms with E-state index in [0.29, 0.717) is 52.2 Å². The second-order valence-corrected chi connectivity index (χ2v) is 20.1. The fourth-order valence-corrected chi connectivity index (χ4v) is 8.33. The first-order valence-electron chi connectivity index (χ1n) is 20.4. The maximum Gasteiger partial charge on any atom is 0.245 e. The molecule has 3 amide bonds. The van der Waals surface area contributed by atoms with Crippen LogP contribution in [0.5, 0.6) is 5.75 Å². The minimum atomic E-state index is -2.56. The van der Waals surface area contributed by atoms with E-state index in [9.17, 15) is 24.1 Å². The summed E-state index contributed by atoms with van der Waals surface area (Å²) >= 11 is 6.44. The lowest BCUT2D eigenvalue weighted by molar-refractivity contribution is -0.139. The van der Waals surface area contributed by atoms with Crippen molar-refractivity contribution in [3.8, 4) is 5.75 Å². The van der Waals surface area contributed by atoms with Crippen LogP contribution in [0.25, 0.3) is 0 Å². The van der Waals surface area contributed by atoms with Crippen LogP contribution in [0, 0.1) is 5.41 Å². The molecule has 0 spiro atoms. The molecule has 328 valence electrons. The molecular formula is C42H60ClN8O8P. The number of aliphatic hydroxyl groups excluding tert-OH is 1. The molecule has 0 unspecified atom stereocenters. The van der Waals surface area contributed by atoms with Crippen molar-refractivity contribution < 1.29 is 38.3 Å². The first kappa shape index (κ1) is 46.6. The Hall–Kier alpha value is -4.47. The maximum atomic E-state index is 13.0. The first-order valence-corrected chi connectivity index (χ1v) is 23.3. The average molecular weight is 871 g/mol. The highest BCUT2D eigenvalue weighted by molar-refractivity contribution is 7.70. The molecule has 60 heavy (non-hydrogen) atoms. The second kappa shape index (κ2) is 21.4. The SMILES string of the molecule is COc1cc(N2CCC(NC(=O)CCOCCOCCC(=O)N[C@H](C(=O)N3CC[C@@H](O)C3)C(C)(C)C)CC2)ccc1Nc1ncc(Cl)c(Nc2ccccc2P(C)(C)=O)n1. The van der Waals surface area contributed by atoms with E-state index < -0.39 is 24.7 Å². The summed E-state index contributed by atoms with van der Waals surface area (Å²) in [4.78, 5) is 51.1. The van der Waals surface area contributed by atoms with E-state index in [0.717, 1.165) is 31.6 Å². The summed E-state index contributed by atoms with van der Waals surface area (Å²) in [6, 6.07) is 12.6. The highest BCUT2D eigenvalue weighted by atomic mass is 35.5. The van der Waals surface area contributed by atoms with Crippen molar-refractivity contribution >= 4 is 70.6 Å². The zero-order chi connectivity index (χ0) is 43.5. The molecule has 2 aliphatic rings. The topological polar surface area (TPSA) is 197 Å². The summed E-state index contributed by atoms with van der Waals surface area (Å²) < 4.78 is 29.7. The number of hydrogen-bond acceptors (Lipinski definition) is 13. The minimum absolute atomic E-state index is 0.0552. The van der Waals surface area contributed by atoms with Gasteiger partial charge in [0, 0.05) is 62.1 Å². The predicted octanol–water partition coefficient (Wildman–Crippen LogP) is 4.90. The monoisotopic (exact) mass is 870 g/mol. The molecule has 2 aromatic carbocycles. The Kier molecular flexibility index (Phi) is 16.6. The van der Waals surface area contributed by atoms with Crippen molar-refractivity contribution in [3.63, 3.8) is 0 Å². The Morgan fingerprint density at radius 3 is 2.25 bits per heavy atom. The quantitative estimate of drug-likeness (QED) is 0.0808. The van der Waals surface area contributed by atoms with Crippen LogP contribution in [-0.4, -0.2) is 129 Å². The molecule has 0 aliphatic carbocycles. The number of anilines is 5. The van der Waals surface area contributed by atoms with Crippen molar-refractivity contribution in [3.05, 3.63) is 53.7 Å². The molecule has 5 N–H and O–H groups in total. The molecule has 16 nitrogen and oxygen atoms in total. The van der Waals surface area contributed by atoms with Gasteiger partial charge in [0.1, 0.15) is 24.0 Å². The highest BCUT2D eigenvalue weighted by Gasteiger charge is 2.38. The number of aromatic nitrogens is 2. The predicted molar refractivity (Wildman–Crippen MR) is 235 cm³/mol. The number of carbonyl (C=O) groups excluding carboxylic acids is 3. The molecule has 3 heterocycles. The standard InChI is InChI=1S/C42H60ClN8O8P/c1-42(2,3)38(40(55)51-20-15-30(52)27-51)48-37(54)17-22-59-24-23-58-21-16-36(53)45-28-13-18-50(19-14-28)29-11-12-32(34(25-29)57-4)47-41-44-26-31(43)39(49-41)46-33-9-7-8-10-35(33)60(5,6)56/h7-12,25-26,28,30,38,52H,13-24,27H2,1-6H3,(H,45,53)(H,48,54)(H2,44,46,47,49)/t30-,38-/m1/s1. The van der Waals surface area contributed by atoms with Gasteiger partial charge in [0.2, 0.25) is 23.7 Å². The van der Waals surface area contributed by atoms with E-state index in [1.54, 1.807) is 25.3 Å². The van der Waals surface area contributed by atoms with Crippen LogP contribution in [0.15, 0.2) is 48.7 Å². The number of nitrogens with one attached hydrogen (secondary N) is 4. The number of para-hydroxylation sites is 1. The van der Waals surface area contributed by atoms with Crippen molar-refractivity contribution in [2.75, 3.05) is 88.6 Å². The fraction of sp³-hybridized carbons (Fsp3) is 0.548. The summed E-state index contributed by atoms with van der Waals surface area (Å²) in [5, 5.41) is 23.2. The van der Waals surface area contributed by atoms with E-state index in [1.165, 1.54) is 6.20 Å². The lowest BCUT2D eigenvalue weighted by atomic mass is 9.85. The normalized spacial score (nSPS) is 16.6. The molecule has 0 bridgehead atoms. The molecule has 5 rings (SSSR count). The van der Waals surface area contributed by atoms with Gasteiger partial charge in [-0.05, 0) is 62.3 Å². The van der Waals surface area contributed by atoms with Crippen molar-refractivity contribution in [1.29, 1.82) is 0 Å². The third kappa shape index (κ3) is 13.5. The van der Waals surface area contributed by atoms with Gasteiger partial charge in [0.25, 0.3) is 0 Å². The van der Waals surface area contributed by atoms with Crippen LogP contribution in [0.2, 0.25) is 5.02 Å². The van der Waals surface area contributed by atoms with Gasteiger partial charge in [-0.3, -0.25) is 14.4 Å². The number of benzene rings is 2. The zero-order valence-electron chi connectivity index (χ0n) is 35.5. The molecule has 0 saturated carbocycles. The molecule has 1 aromatic heterocycles. The van der Waals surface area contributed by atoms with Gasteiger partial charge in [-0.15, -0.1) is 0 Å². The van der Waals surface area contributed by atoms with E-state index in [1.807, 2.05) is 63.2 Å². The average Bonchev–Trinajstić information content (AvgIpc) is 3.65. The first-order chi connectivity index (χ1) is 28.5. The third-order valence-electron chi connectivity index (χ3n) is 10.4. The molecule has 0 radical (unpaired) electrons. The van der Waals surface area contributed by atoms with E-state index in [4.69, 9.17) is 25.8 Å². The Balaban J connectivity index is 0.983. The van der Waals surface area contributed by atoms with E-state index in [-0.39, 0.29) is 69.6 Å². The van der Waals surface area contributed by atoms with E-state index >= 15 is 0 Å². The molecule has 2 fully saturated rings. The summed E-state index contributed by atoms with van der Waals surface area (Å²) in [7, 11) is -0.963. The summed E-state index contributed by atoms with van der Waals surface area (Å²) in [5.74, 6) is 0.742. The zero-order valence-corrected chi connectivity index (χ0v) is 37.1. The lowest BCUT2D eigenvalue weighted by Crippen LogP contribution is -2.54. The number of rotatable bonds is 19. The largest absolute Gasteiger partial charge is 0.494 e. The maximum absolute atomic E-state index is 13.0. The highest BCUT2D eigenvalue weighted by Crippen LogP contribution is 2.39. The lowest BCUT2D eigenvalue weighted by Gasteiger charge is -2.34. The number of carbonyl (C=O) groups is 3. The van der Waals surface area contributed by atoms with Crippen LogP contribution in [0.1, 0.15) is 52.9 Å². The summed E-state index contributed by atoms with van der Waals surface area (Å²) in [6.07, 6.45) is 3.41. The van der Waals surface area contributed by atoms with Gasteiger partial charge >= 0.3 is 0 Å². The van der Waals surface area contributed by atoms with Gasteiger partial charge < -0.3 is 54.9 Å². The van der Waals surface area contributed by atoms with Gasteiger partial charge in [-0.1, -0.05) is 44.5 Å². The van der Waals surface area contributed by atoms with Crippen molar-refractivity contribution in [1.82, 2.24) is 25.5 Å². The smallest absolute Gasteiger partial charge is 0.245 e. The van der Waals surface area contributed by atoms with Crippen LogP contribution < -0.4 is 36.2 Å². The number of halogens is 1. The van der Waals surface area contributed by atoms with Gasteiger partial charge in [0.05, 0.1) is 57.2 Å². The van der Waals surface area contributed by atoms with Gasteiger partial charge in [-0.2, -0.15) is 4.98 Å². The van der Waals surface area contributed by atoms with Gasteiger partial charge in [-0.25, -0.2) is 4.98 Å². The Morgan fingerprint density at radius 2 is 1.62 bits per heavy atom. The number of methoxy groups -OCH3 is 1.